The Kier molecular flexibility index (Phi) is 4.63. The maximum atomic E-state index is 11.7. The van der Waals surface area contributed by atoms with Crippen LogP contribution >= 0.6 is 11.3 Å². The molecule has 1 unspecified atom stereocenters. The SMILES string of the molecule is O=C=CN(c1cccs1)C1(c2ccccc2)CC1(c1ccccc1)c1ccccc1. The second-order valence-electron chi connectivity index (χ2n) is 7.61. The van der Waals surface area contributed by atoms with Gasteiger partial charge in [0.1, 0.15) is 5.94 Å². The molecule has 30 heavy (non-hydrogen) atoms. The second kappa shape index (κ2) is 7.46. The van der Waals surface area contributed by atoms with E-state index in [2.05, 4.69) is 107 Å². The van der Waals surface area contributed by atoms with E-state index in [9.17, 15) is 4.79 Å². The van der Waals surface area contributed by atoms with Gasteiger partial charge in [0, 0.05) is 0 Å². The van der Waals surface area contributed by atoms with Crippen LogP contribution in [0.1, 0.15) is 23.1 Å². The molecule has 1 atom stereocenters. The summed E-state index contributed by atoms with van der Waals surface area (Å²) in [6.45, 7) is 0. The summed E-state index contributed by atoms with van der Waals surface area (Å²) in [5.74, 6) is 2.07. The third kappa shape index (κ3) is 2.68. The summed E-state index contributed by atoms with van der Waals surface area (Å²) in [5.41, 5.74) is 2.99. The molecule has 1 aliphatic rings. The third-order valence-electron chi connectivity index (χ3n) is 6.22. The Bertz CT molecular complexity index is 1130. The van der Waals surface area contributed by atoms with Crippen LogP contribution in [0.25, 0.3) is 0 Å². The predicted octanol–water partition coefficient (Wildman–Crippen LogP) is 6.19. The first-order chi connectivity index (χ1) is 14.8. The quantitative estimate of drug-likeness (QED) is 0.355. The van der Waals surface area contributed by atoms with Crippen molar-refractivity contribution in [1.82, 2.24) is 0 Å². The Morgan fingerprint density at radius 3 is 1.73 bits per heavy atom. The van der Waals surface area contributed by atoms with Crippen LogP contribution in [0.2, 0.25) is 0 Å². The molecule has 0 N–H and O–H groups in total. The van der Waals surface area contributed by atoms with Crippen molar-refractivity contribution in [1.29, 1.82) is 0 Å². The first-order valence-corrected chi connectivity index (χ1v) is 10.9. The highest BCUT2D eigenvalue weighted by molar-refractivity contribution is 7.14. The molecule has 0 saturated heterocycles. The molecule has 1 aliphatic carbocycles. The summed E-state index contributed by atoms with van der Waals surface area (Å²) in [6.07, 6.45) is 2.45. The van der Waals surface area contributed by atoms with Crippen molar-refractivity contribution in [2.75, 3.05) is 4.90 Å². The Morgan fingerprint density at radius 2 is 1.27 bits per heavy atom. The lowest BCUT2D eigenvalue weighted by atomic mass is 9.80. The molecular weight excluding hydrogens is 386 g/mol. The van der Waals surface area contributed by atoms with E-state index < -0.39 is 5.54 Å². The van der Waals surface area contributed by atoms with Gasteiger partial charge in [-0.2, -0.15) is 0 Å². The van der Waals surface area contributed by atoms with Crippen molar-refractivity contribution in [3.8, 4) is 0 Å². The molecule has 3 heteroatoms. The number of hydrogen-bond donors (Lipinski definition) is 0. The van der Waals surface area contributed by atoms with Crippen LogP contribution in [0.15, 0.2) is 115 Å². The molecule has 4 aromatic rings. The number of nitrogens with zero attached hydrogens (tertiary/aromatic N) is 1. The minimum absolute atomic E-state index is 0.284. The smallest absolute Gasteiger partial charge is 0.142 e. The number of rotatable bonds is 6. The lowest BCUT2D eigenvalue weighted by molar-refractivity contribution is 0.563. The van der Waals surface area contributed by atoms with Gasteiger partial charge in [0.15, 0.2) is 0 Å². The van der Waals surface area contributed by atoms with Crippen molar-refractivity contribution >= 4 is 22.3 Å². The topological polar surface area (TPSA) is 20.3 Å². The zero-order valence-electron chi connectivity index (χ0n) is 16.4. The van der Waals surface area contributed by atoms with E-state index in [4.69, 9.17) is 0 Å². The van der Waals surface area contributed by atoms with Crippen LogP contribution in [0, 0.1) is 0 Å². The van der Waals surface area contributed by atoms with Gasteiger partial charge in [-0.1, -0.05) is 91.0 Å². The van der Waals surface area contributed by atoms with Crippen molar-refractivity contribution in [3.63, 3.8) is 0 Å². The number of benzene rings is 3. The largest absolute Gasteiger partial charge is 0.318 e. The van der Waals surface area contributed by atoms with Crippen molar-refractivity contribution in [3.05, 3.63) is 131 Å². The van der Waals surface area contributed by atoms with Crippen molar-refractivity contribution in [2.45, 2.75) is 17.4 Å². The van der Waals surface area contributed by atoms with Crippen LogP contribution in [0.3, 0.4) is 0 Å². The van der Waals surface area contributed by atoms with E-state index >= 15 is 0 Å². The summed E-state index contributed by atoms with van der Waals surface area (Å²) in [5, 5.41) is 3.09. The van der Waals surface area contributed by atoms with Gasteiger partial charge in [0.05, 0.1) is 22.2 Å². The summed E-state index contributed by atoms with van der Waals surface area (Å²) in [4.78, 5) is 13.8. The molecule has 1 saturated carbocycles. The van der Waals surface area contributed by atoms with E-state index in [1.54, 1.807) is 17.5 Å². The van der Waals surface area contributed by atoms with Gasteiger partial charge < -0.3 is 4.90 Å². The molecule has 0 bridgehead atoms. The van der Waals surface area contributed by atoms with Gasteiger partial charge in [0.25, 0.3) is 0 Å². The standard InChI is InChI=1S/C27H21NOS/c29-19-18-28(25-17-10-20-30-25)27(24-15-8-3-9-16-24)21-26(27,22-11-4-1-5-12-22)23-13-6-2-7-14-23/h1-18,20H,21H2. The van der Waals surface area contributed by atoms with Gasteiger partial charge in [-0.25, -0.2) is 4.79 Å². The van der Waals surface area contributed by atoms with E-state index in [-0.39, 0.29) is 5.41 Å². The van der Waals surface area contributed by atoms with Gasteiger partial charge in [0.2, 0.25) is 0 Å². The maximum absolute atomic E-state index is 11.7. The molecule has 1 heterocycles. The fourth-order valence-corrected chi connectivity index (χ4v) is 5.72. The van der Waals surface area contributed by atoms with E-state index in [0.717, 1.165) is 11.4 Å². The Hall–Kier alpha value is -3.39. The fourth-order valence-electron chi connectivity index (χ4n) is 4.95. The predicted molar refractivity (Wildman–Crippen MR) is 123 cm³/mol. The monoisotopic (exact) mass is 407 g/mol. The van der Waals surface area contributed by atoms with Crippen LogP contribution in [0.4, 0.5) is 5.00 Å². The summed E-state index contributed by atoms with van der Waals surface area (Å²) < 4.78 is 0. The third-order valence-corrected chi connectivity index (χ3v) is 7.09. The molecule has 2 nitrogen and oxygen atoms in total. The number of carbonyl (C=O) groups excluding carboxylic acids is 1. The first kappa shape index (κ1) is 18.6. The molecule has 0 amide bonds. The highest BCUT2D eigenvalue weighted by atomic mass is 32.1. The summed E-state index contributed by atoms with van der Waals surface area (Å²) >= 11 is 1.64. The Morgan fingerprint density at radius 1 is 0.733 bits per heavy atom. The van der Waals surface area contributed by atoms with Gasteiger partial charge in [-0.15, -0.1) is 11.3 Å². The fraction of sp³-hybridized carbons (Fsp3) is 0.111. The second-order valence-corrected chi connectivity index (χ2v) is 8.53. The van der Waals surface area contributed by atoms with E-state index in [0.29, 0.717) is 0 Å². The molecule has 0 aliphatic heterocycles. The molecule has 0 spiro atoms. The first-order valence-electron chi connectivity index (χ1n) is 10.0. The molecular formula is C27H21NOS. The Labute approximate surface area is 180 Å². The van der Waals surface area contributed by atoms with Crippen LogP contribution in [-0.4, -0.2) is 5.94 Å². The van der Waals surface area contributed by atoms with Gasteiger partial charge in [-0.05, 0) is 40.6 Å². The zero-order chi connectivity index (χ0) is 20.4. The minimum atomic E-state index is -0.417. The van der Waals surface area contributed by atoms with Gasteiger partial charge in [-0.3, -0.25) is 0 Å². The van der Waals surface area contributed by atoms with Crippen LogP contribution < -0.4 is 4.90 Å². The maximum Gasteiger partial charge on any atom is 0.142 e. The van der Waals surface area contributed by atoms with Crippen molar-refractivity contribution in [2.24, 2.45) is 0 Å². The average molecular weight is 408 g/mol. The minimum Gasteiger partial charge on any atom is -0.318 e. The average Bonchev–Trinajstić information content (AvgIpc) is 3.24. The molecule has 5 rings (SSSR count). The van der Waals surface area contributed by atoms with E-state index in [1.807, 2.05) is 12.1 Å². The molecule has 1 fully saturated rings. The molecule has 1 aromatic heterocycles. The van der Waals surface area contributed by atoms with Gasteiger partial charge >= 0.3 is 0 Å². The molecule has 0 radical (unpaired) electrons. The highest BCUT2D eigenvalue weighted by Gasteiger charge is 2.72. The molecule has 3 aromatic carbocycles. The number of hydrogen-bond acceptors (Lipinski definition) is 3. The zero-order valence-corrected chi connectivity index (χ0v) is 17.3. The summed E-state index contributed by atoms with van der Waals surface area (Å²) in [6, 6.07) is 35.9. The van der Waals surface area contributed by atoms with Crippen molar-refractivity contribution < 1.29 is 4.79 Å². The van der Waals surface area contributed by atoms with Crippen LogP contribution in [-0.2, 0) is 15.7 Å². The lowest BCUT2D eigenvalue weighted by Crippen LogP contribution is -2.38. The Balaban J connectivity index is 1.83. The van der Waals surface area contributed by atoms with Crippen LogP contribution in [0.5, 0.6) is 0 Å². The summed E-state index contributed by atoms with van der Waals surface area (Å²) in [7, 11) is 0. The highest BCUT2D eigenvalue weighted by Crippen LogP contribution is 2.71. The normalized spacial score (nSPS) is 18.9. The lowest BCUT2D eigenvalue weighted by Gasteiger charge is -2.35. The van der Waals surface area contributed by atoms with E-state index in [1.165, 1.54) is 16.7 Å². The molecule has 146 valence electrons. The number of thiophene rings is 1. The number of anilines is 1.